The van der Waals surface area contributed by atoms with E-state index in [-0.39, 0.29) is 17.7 Å². The van der Waals surface area contributed by atoms with Crippen molar-refractivity contribution in [1.82, 2.24) is 15.2 Å². The van der Waals surface area contributed by atoms with Crippen molar-refractivity contribution in [2.75, 3.05) is 13.1 Å². The SMILES string of the molecule is CC(C)c1nc2cc(C(=O)N3CCNC(=O)[C@@H]3c3ccc(F)cc3)ccc2o1. The molecule has 2 aromatic carbocycles. The molecular weight excluding hydrogens is 361 g/mol. The highest BCUT2D eigenvalue weighted by Gasteiger charge is 2.35. The highest BCUT2D eigenvalue weighted by Crippen LogP contribution is 2.27. The van der Waals surface area contributed by atoms with E-state index in [1.54, 1.807) is 18.2 Å². The van der Waals surface area contributed by atoms with Crippen LogP contribution in [-0.4, -0.2) is 34.8 Å². The standard InChI is InChI=1S/C21H20FN3O3/c1-12(2)20-24-16-11-14(5-8-17(16)28-20)21(27)25-10-9-23-19(26)18(25)13-3-6-15(22)7-4-13/h3-8,11-12,18H,9-10H2,1-2H3,(H,23,26)/t18-/m0/s1. The number of halogens is 1. The minimum atomic E-state index is -0.805. The first-order valence-corrected chi connectivity index (χ1v) is 9.18. The lowest BCUT2D eigenvalue weighted by atomic mass is 10.0. The second kappa shape index (κ2) is 7.07. The highest BCUT2D eigenvalue weighted by molar-refractivity contribution is 6.00. The number of aromatic nitrogens is 1. The summed E-state index contributed by atoms with van der Waals surface area (Å²) in [5.41, 5.74) is 2.22. The molecule has 0 radical (unpaired) electrons. The second-order valence-electron chi connectivity index (χ2n) is 7.13. The Hall–Kier alpha value is -3.22. The molecule has 0 spiro atoms. The minimum Gasteiger partial charge on any atom is -0.440 e. The van der Waals surface area contributed by atoms with Crippen LogP contribution in [0.3, 0.4) is 0 Å². The third-order valence-corrected chi connectivity index (χ3v) is 4.80. The van der Waals surface area contributed by atoms with Gasteiger partial charge in [-0.15, -0.1) is 0 Å². The monoisotopic (exact) mass is 381 g/mol. The van der Waals surface area contributed by atoms with Crippen LogP contribution in [0.25, 0.3) is 11.1 Å². The third-order valence-electron chi connectivity index (χ3n) is 4.80. The maximum absolute atomic E-state index is 13.3. The number of nitrogens with one attached hydrogen (secondary N) is 1. The predicted molar refractivity (Wildman–Crippen MR) is 101 cm³/mol. The van der Waals surface area contributed by atoms with Crippen molar-refractivity contribution >= 4 is 22.9 Å². The summed E-state index contributed by atoms with van der Waals surface area (Å²) >= 11 is 0. The molecule has 4 rings (SSSR count). The van der Waals surface area contributed by atoms with Gasteiger partial charge in [-0.3, -0.25) is 9.59 Å². The summed E-state index contributed by atoms with van der Waals surface area (Å²) in [6.45, 7) is 4.69. The summed E-state index contributed by atoms with van der Waals surface area (Å²) in [6, 6.07) is 9.90. The van der Waals surface area contributed by atoms with Crippen molar-refractivity contribution in [3.8, 4) is 0 Å². The largest absolute Gasteiger partial charge is 0.440 e. The van der Waals surface area contributed by atoms with Gasteiger partial charge in [0.2, 0.25) is 5.91 Å². The smallest absolute Gasteiger partial charge is 0.254 e. The lowest BCUT2D eigenvalue weighted by molar-refractivity contribution is -0.128. The Bertz CT molecular complexity index is 1040. The van der Waals surface area contributed by atoms with E-state index in [2.05, 4.69) is 10.3 Å². The molecule has 0 unspecified atom stereocenters. The molecule has 0 saturated carbocycles. The van der Waals surface area contributed by atoms with Crippen LogP contribution >= 0.6 is 0 Å². The number of amides is 2. The van der Waals surface area contributed by atoms with Crippen LogP contribution in [0.4, 0.5) is 4.39 Å². The summed E-state index contributed by atoms with van der Waals surface area (Å²) in [5.74, 6) is -0.201. The van der Waals surface area contributed by atoms with Crippen molar-refractivity contribution in [2.24, 2.45) is 0 Å². The Labute approximate surface area is 161 Å². The van der Waals surface area contributed by atoms with Crippen LogP contribution in [0.1, 0.15) is 47.6 Å². The Balaban J connectivity index is 1.69. The molecule has 28 heavy (non-hydrogen) atoms. The number of carbonyl (C=O) groups excluding carboxylic acids is 2. The number of rotatable bonds is 3. The molecule has 1 N–H and O–H groups in total. The molecule has 1 aliphatic heterocycles. The van der Waals surface area contributed by atoms with E-state index in [0.717, 1.165) is 0 Å². The van der Waals surface area contributed by atoms with Crippen LogP contribution in [0.15, 0.2) is 46.9 Å². The molecule has 144 valence electrons. The molecule has 2 amide bonds. The van der Waals surface area contributed by atoms with Crippen molar-refractivity contribution in [3.05, 3.63) is 65.3 Å². The minimum absolute atomic E-state index is 0.139. The number of benzene rings is 2. The van der Waals surface area contributed by atoms with Gasteiger partial charge in [-0.25, -0.2) is 9.37 Å². The number of hydrogen-bond donors (Lipinski definition) is 1. The summed E-state index contributed by atoms with van der Waals surface area (Å²) in [6.07, 6.45) is 0. The molecule has 6 nitrogen and oxygen atoms in total. The summed E-state index contributed by atoms with van der Waals surface area (Å²) < 4.78 is 19.0. The van der Waals surface area contributed by atoms with Crippen LogP contribution < -0.4 is 5.32 Å². The first kappa shape index (κ1) is 18.2. The number of fused-ring (bicyclic) bond motifs is 1. The predicted octanol–water partition coefficient (Wildman–Crippen LogP) is 3.40. The fraction of sp³-hybridized carbons (Fsp3) is 0.286. The van der Waals surface area contributed by atoms with E-state index in [1.165, 1.54) is 29.2 Å². The van der Waals surface area contributed by atoms with Gasteiger partial charge in [-0.05, 0) is 35.9 Å². The molecule has 1 aliphatic rings. The van der Waals surface area contributed by atoms with E-state index in [0.29, 0.717) is 41.2 Å². The molecule has 0 bridgehead atoms. The molecule has 2 heterocycles. The fourth-order valence-corrected chi connectivity index (χ4v) is 3.35. The lowest BCUT2D eigenvalue weighted by Gasteiger charge is -2.35. The van der Waals surface area contributed by atoms with Crippen molar-refractivity contribution in [3.63, 3.8) is 0 Å². The van der Waals surface area contributed by atoms with Gasteiger partial charge in [0.15, 0.2) is 11.5 Å². The van der Waals surface area contributed by atoms with Crippen molar-refractivity contribution in [2.45, 2.75) is 25.8 Å². The van der Waals surface area contributed by atoms with Gasteiger partial charge < -0.3 is 14.6 Å². The van der Waals surface area contributed by atoms with Gasteiger partial charge >= 0.3 is 0 Å². The number of hydrogen-bond acceptors (Lipinski definition) is 4. The Morgan fingerprint density at radius 2 is 2.00 bits per heavy atom. The maximum atomic E-state index is 13.3. The molecular formula is C21H20FN3O3. The first-order chi connectivity index (χ1) is 13.4. The van der Waals surface area contributed by atoms with Gasteiger partial charge in [0.25, 0.3) is 5.91 Å². The Kier molecular flexibility index (Phi) is 4.58. The van der Waals surface area contributed by atoms with E-state index in [9.17, 15) is 14.0 Å². The average Bonchev–Trinajstić information content (AvgIpc) is 3.12. The molecule has 7 heteroatoms. The summed E-state index contributed by atoms with van der Waals surface area (Å²) in [5, 5.41) is 2.77. The quantitative estimate of drug-likeness (QED) is 0.754. The fourth-order valence-electron chi connectivity index (χ4n) is 3.35. The van der Waals surface area contributed by atoms with Crippen molar-refractivity contribution in [1.29, 1.82) is 0 Å². The Morgan fingerprint density at radius 3 is 2.71 bits per heavy atom. The maximum Gasteiger partial charge on any atom is 0.254 e. The molecule has 1 atom stereocenters. The van der Waals surface area contributed by atoms with Crippen molar-refractivity contribution < 1.29 is 18.4 Å². The second-order valence-corrected chi connectivity index (χ2v) is 7.13. The molecule has 3 aromatic rings. The first-order valence-electron chi connectivity index (χ1n) is 9.18. The number of nitrogens with zero attached hydrogens (tertiary/aromatic N) is 2. The Morgan fingerprint density at radius 1 is 1.25 bits per heavy atom. The zero-order valence-electron chi connectivity index (χ0n) is 15.6. The topological polar surface area (TPSA) is 75.4 Å². The average molecular weight is 381 g/mol. The van der Waals surface area contributed by atoms with Gasteiger partial charge in [0.05, 0.1) is 0 Å². The van der Waals surface area contributed by atoms with Gasteiger partial charge in [-0.1, -0.05) is 26.0 Å². The number of piperazine rings is 1. The molecule has 1 saturated heterocycles. The van der Waals surface area contributed by atoms with Gasteiger partial charge in [0.1, 0.15) is 17.4 Å². The molecule has 1 fully saturated rings. The molecule has 1 aromatic heterocycles. The molecule has 0 aliphatic carbocycles. The van der Waals surface area contributed by atoms with Crippen LogP contribution in [-0.2, 0) is 4.79 Å². The zero-order valence-corrected chi connectivity index (χ0v) is 15.6. The van der Waals surface area contributed by atoms with Gasteiger partial charge in [-0.2, -0.15) is 0 Å². The summed E-state index contributed by atoms with van der Waals surface area (Å²) in [7, 11) is 0. The zero-order chi connectivity index (χ0) is 19.8. The van der Waals surface area contributed by atoms with Gasteiger partial charge in [0, 0.05) is 24.6 Å². The normalized spacial score (nSPS) is 17.2. The number of carbonyl (C=O) groups is 2. The van der Waals surface area contributed by atoms with Crippen LogP contribution in [0.2, 0.25) is 0 Å². The van der Waals surface area contributed by atoms with E-state index in [4.69, 9.17) is 4.42 Å². The van der Waals surface area contributed by atoms with E-state index in [1.807, 2.05) is 13.8 Å². The van der Waals surface area contributed by atoms with Crippen LogP contribution in [0.5, 0.6) is 0 Å². The number of oxazole rings is 1. The van der Waals surface area contributed by atoms with E-state index >= 15 is 0 Å². The summed E-state index contributed by atoms with van der Waals surface area (Å²) in [4.78, 5) is 31.6. The van der Waals surface area contributed by atoms with Crippen LogP contribution in [0, 0.1) is 5.82 Å². The van der Waals surface area contributed by atoms with E-state index < -0.39 is 11.9 Å². The highest BCUT2D eigenvalue weighted by atomic mass is 19.1. The third kappa shape index (κ3) is 3.24. The lowest BCUT2D eigenvalue weighted by Crippen LogP contribution is -2.52.